The molecule has 0 fully saturated rings. The molecule has 0 aliphatic heterocycles. The van der Waals surface area contributed by atoms with Gasteiger partial charge in [0.25, 0.3) is 5.91 Å². The Morgan fingerprint density at radius 1 is 1.10 bits per heavy atom. The predicted molar refractivity (Wildman–Crippen MR) is 116 cm³/mol. The lowest BCUT2D eigenvalue weighted by Crippen LogP contribution is -2.27. The van der Waals surface area contributed by atoms with Crippen molar-refractivity contribution < 1.29 is 19.0 Å². The number of ether oxygens (including phenoxy) is 3. The van der Waals surface area contributed by atoms with Crippen molar-refractivity contribution in [2.45, 2.75) is 6.42 Å². The van der Waals surface area contributed by atoms with Crippen molar-refractivity contribution >= 4 is 17.5 Å². The molecule has 0 unspecified atom stereocenters. The highest BCUT2D eigenvalue weighted by Crippen LogP contribution is 2.33. The zero-order valence-corrected chi connectivity index (χ0v) is 17.9. The number of nitrogens with zero attached hydrogens (tertiary/aromatic N) is 2. The second kappa shape index (κ2) is 10.1. The van der Waals surface area contributed by atoms with E-state index >= 15 is 0 Å². The van der Waals surface area contributed by atoms with Gasteiger partial charge in [0.15, 0.2) is 0 Å². The van der Waals surface area contributed by atoms with Crippen LogP contribution in [0.1, 0.15) is 16.9 Å². The summed E-state index contributed by atoms with van der Waals surface area (Å²) in [5.41, 5.74) is 2.41. The minimum atomic E-state index is -0.239. The van der Waals surface area contributed by atoms with Crippen LogP contribution in [0.4, 0.5) is 0 Å². The maximum atomic E-state index is 12.9. The summed E-state index contributed by atoms with van der Waals surface area (Å²) in [7, 11) is 4.80. The molecule has 1 heterocycles. The molecule has 3 rings (SSSR count). The molecule has 158 valence electrons. The van der Waals surface area contributed by atoms with Crippen molar-refractivity contribution in [3.05, 3.63) is 59.2 Å². The maximum absolute atomic E-state index is 12.9. The molecule has 0 saturated heterocycles. The fourth-order valence-corrected chi connectivity index (χ4v) is 3.18. The third-order valence-corrected chi connectivity index (χ3v) is 4.73. The number of halogens is 1. The minimum Gasteiger partial charge on any atom is -0.497 e. The van der Waals surface area contributed by atoms with Gasteiger partial charge in [0, 0.05) is 36.9 Å². The molecule has 2 aromatic carbocycles. The third kappa shape index (κ3) is 4.93. The van der Waals surface area contributed by atoms with Gasteiger partial charge in [-0.05, 0) is 42.8 Å². The first-order valence-corrected chi connectivity index (χ1v) is 9.80. The zero-order valence-electron chi connectivity index (χ0n) is 17.1. The number of nitrogens with one attached hydrogen (secondary N) is 1. The van der Waals surface area contributed by atoms with Crippen molar-refractivity contribution in [1.29, 1.82) is 0 Å². The van der Waals surface area contributed by atoms with E-state index in [0.29, 0.717) is 53.2 Å². The van der Waals surface area contributed by atoms with Gasteiger partial charge >= 0.3 is 0 Å². The summed E-state index contributed by atoms with van der Waals surface area (Å²) in [6, 6.07) is 14.4. The number of benzene rings is 2. The van der Waals surface area contributed by atoms with E-state index < -0.39 is 0 Å². The SMILES string of the molecule is COCCCNC(=O)c1cc(-c2ccc(OC)cc2OC)nn1-c1cccc(Cl)c1. The van der Waals surface area contributed by atoms with Crippen LogP contribution in [-0.2, 0) is 4.74 Å². The lowest BCUT2D eigenvalue weighted by molar-refractivity contribution is 0.0941. The molecular weight excluding hydrogens is 406 g/mol. The van der Waals surface area contributed by atoms with Crippen LogP contribution in [0.25, 0.3) is 16.9 Å². The van der Waals surface area contributed by atoms with Gasteiger partial charge in [-0.1, -0.05) is 17.7 Å². The van der Waals surface area contributed by atoms with E-state index in [9.17, 15) is 4.79 Å². The quantitative estimate of drug-likeness (QED) is 0.521. The van der Waals surface area contributed by atoms with Crippen LogP contribution in [0.5, 0.6) is 11.5 Å². The van der Waals surface area contributed by atoms with Crippen LogP contribution in [-0.4, -0.2) is 50.2 Å². The Morgan fingerprint density at radius 3 is 2.63 bits per heavy atom. The number of carbonyl (C=O) groups is 1. The second-order valence-corrected chi connectivity index (χ2v) is 6.91. The van der Waals surface area contributed by atoms with E-state index in [-0.39, 0.29) is 5.91 Å². The summed E-state index contributed by atoms with van der Waals surface area (Å²) in [5.74, 6) is 1.02. The number of methoxy groups -OCH3 is 3. The molecule has 1 N–H and O–H groups in total. The van der Waals surface area contributed by atoms with Crippen molar-refractivity contribution in [2.24, 2.45) is 0 Å². The number of carbonyl (C=O) groups excluding carboxylic acids is 1. The summed E-state index contributed by atoms with van der Waals surface area (Å²) in [6.07, 6.45) is 0.715. The lowest BCUT2D eigenvalue weighted by atomic mass is 10.1. The summed E-state index contributed by atoms with van der Waals surface area (Å²) < 4.78 is 17.4. The highest BCUT2D eigenvalue weighted by molar-refractivity contribution is 6.30. The van der Waals surface area contributed by atoms with Crippen molar-refractivity contribution in [3.8, 4) is 28.4 Å². The van der Waals surface area contributed by atoms with Crippen LogP contribution >= 0.6 is 11.6 Å². The Balaban J connectivity index is 2.03. The number of aromatic nitrogens is 2. The normalized spacial score (nSPS) is 10.7. The Bertz CT molecular complexity index is 1020. The molecule has 0 atom stereocenters. The predicted octanol–water partition coefficient (Wildman–Crippen LogP) is 3.98. The fraction of sp³-hybridized carbons (Fsp3) is 0.273. The number of amides is 1. The average molecular weight is 430 g/mol. The maximum Gasteiger partial charge on any atom is 0.270 e. The van der Waals surface area contributed by atoms with Crippen LogP contribution in [0.3, 0.4) is 0 Å². The Kier molecular flexibility index (Phi) is 7.32. The topological polar surface area (TPSA) is 74.6 Å². The van der Waals surface area contributed by atoms with Crippen LogP contribution in [0.15, 0.2) is 48.5 Å². The van der Waals surface area contributed by atoms with Gasteiger partial charge in [-0.3, -0.25) is 4.79 Å². The number of hydrogen-bond donors (Lipinski definition) is 1. The van der Waals surface area contributed by atoms with E-state index in [4.69, 9.17) is 25.8 Å². The zero-order chi connectivity index (χ0) is 21.5. The average Bonchev–Trinajstić information content (AvgIpc) is 3.21. The van der Waals surface area contributed by atoms with E-state index in [1.165, 1.54) is 0 Å². The molecule has 1 aromatic heterocycles. The van der Waals surface area contributed by atoms with Gasteiger partial charge in [0.05, 0.1) is 25.6 Å². The van der Waals surface area contributed by atoms with Gasteiger partial charge in [-0.25, -0.2) is 4.68 Å². The van der Waals surface area contributed by atoms with E-state index in [2.05, 4.69) is 10.4 Å². The van der Waals surface area contributed by atoms with Gasteiger partial charge in [-0.2, -0.15) is 5.10 Å². The highest BCUT2D eigenvalue weighted by Gasteiger charge is 2.20. The second-order valence-electron chi connectivity index (χ2n) is 6.47. The van der Waals surface area contributed by atoms with Gasteiger partial charge < -0.3 is 19.5 Å². The number of hydrogen-bond acceptors (Lipinski definition) is 5. The largest absolute Gasteiger partial charge is 0.497 e. The highest BCUT2D eigenvalue weighted by atomic mass is 35.5. The first-order chi connectivity index (χ1) is 14.6. The van der Waals surface area contributed by atoms with E-state index in [0.717, 1.165) is 5.56 Å². The molecule has 0 aliphatic carbocycles. The molecule has 8 heteroatoms. The van der Waals surface area contributed by atoms with Crippen LogP contribution in [0, 0.1) is 0 Å². The Labute approximate surface area is 180 Å². The van der Waals surface area contributed by atoms with E-state index in [1.807, 2.05) is 24.3 Å². The minimum absolute atomic E-state index is 0.239. The fourth-order valence-electron chi connectivity index (χ4n) is 3.00. The monoisotopic (exact) mass is 429 g/mol. The molecule has 7 nitrogen and oxygen atoms in total. The molecule has 0 saturated carbocycles. The van der Waals surface area contributed by atoms with E-state index in [1.54, 1.807) is 50.3 Å². The molecule has 0 aliphatic rings. The summed E-state index contributed by atoms with van der Waals surface area (Å²) in [4.78, 5) is 12.9. The third-order valence-electron chi connectivity index (χ3n) is 4.49. The van der Waals surface area contributed by atoms with Crippen LogP contribution < -0.4 is 14.8 Å². The molecule has 0 bridgehead atoms. The molecule has 0 spiro atoms. The van der Waals surface area contributed by atoms with Crippen molar-refractivity contribution in [1.82, 2.24) is 15.1 Å². The summed E-state index contributed by atoms with van der Waals surface area (Å²) >= 11 is 6.16. The van der Waals surface area contributed by atoms with Crippen molar-refractivity contribution in [2.75, 3.05) is 34.5 Å². The standard InChI is InChI=1S/C22H24ClN3O4/c1-28-11-5-10-24-22(27)20-14-19(18-9-8-17(29-2)13-21(18)30-3)25-26(20)16-7-4-6-15(23)12-16/h4,6-9,12-14H,5,10-11H2,1-3H3,(H,24,27). The molecule has 3 aromatic rings. The lowest BCUT2D eigenvalue weighted by Gasteiger charge is -2.09. The Hall–Kier alpha value is -3.03. The summed E-state index contributed by atoms with van der Waals surface area (Å²) in [5, 5.41) is 8.13. The number of rotatable bonds is 9. The molecular formula is C22H24ClN3O4. The van der Waals surface area contributed by atoms with Gasteiger partial charge in [0.1, 0.15) is 17.2 Å². The molecule has 1 amide bonds. The molecule has 0 radical (unpaired) electrons. The van der Waals surface area contributed by atoms with Crippen molar-refractivity contribution in [3.63, 3.8) is 0 Å². The Morgan fingerprint density at radius 2 is 1.93 bits per heavy atom. The van der Waals surface area contributed by atoms with Gasteiger partial charge in [-0.15, -0.1) is 0 Å². The molecule has 30 heavy (non-hydrogen) atoms. The first-order valence-electron chi connectivity index (χ1n) is 9.43. The van der Waals surface area contributed by atoms with Gasteiger partial charge in [0.2, 0.25) is 0 Å². The smallest absolute Gasteiger partial charge is 0.270 e. The first kappa shape index (κ1) is 21.7. The summed E-state index contributed by atoms with van der Waals surface area (Å²) in [6.45, 7) is 1.07. The van der Waals surface area contributed by atoms with Crippen LogP contribution in [0.2, 0.25) is 5.02 Å².